The Labute approximate surface area is 92.9 Å². The highest BCUT2D eigenvalue weighted by Gasteiger charge is 1.99. The van der Waals surface area contributed by atoms with Crippen LogP contribution in [-0.2, 0) is 6.42 Å². The largest absolute Gasteiger partial charge is 0.330 e. The number of nitrogens with two attached hydrogens (primary N) is 1. The molecule has 0 radical (unpaired) electrons. The average Bonchev–Trinajstić information content (AvgIpc) is 2.26. The molecule has 0 saturated heterocycles. The average molecular weight is 206 g/mol. The van der Waals surface area contributed by atoms with Gasteiger partial charge >= 0.3 is 0 Å². The van der Waals surface area contributed by atoms with Crippen molar-refractivity contribution in [3.8, 4) is 0 Å². The highest BCUT2D eigenvalue weighted by atomic mass is 14.8. The standard InChI is InChI=1S/C13H22N2/c1-12(7-9-14)11-15-10-8-13-5-3-2-4-6-13/h2-6,12,15H,7-11,14H2,1H3. The zero-order valence-corrected chi connectivity index (χ0v) is 9.58. The predicted molar refractivity (Wildman–Crippen MR) is 65.9 cm³/mol. The lowest BCUT2D eigenvalue weighted by atomic mass is 10.1. The Kier molecular flexibility index (Phi) is 6.05. The lowest BCUT2D eigenvalue weighted by molar-refractivity contribution is 0.489. The van der Waals surface area contributed by atoms with E-state index in [0.29, 0.717) is 5.92 Å². The third-order valence-corrected chi connectivity index (χ3v) is 2.59. The summed E-state index contributed by atoms with van der Waals surface area (Å²) in [5.41, 5.74) is 6.90. The van der Waals surface area contributed by atoms with Crippen LogP contribution in [-0.4, -0.2) is 19.6 Å². The smallest absolute Gasteiger partial charge is 0.000824 e. The lowest BCUT2D eigenvalue weighted by Crippen LogP contribution is -2.24. The van der Waals surface area contributed by atoms with Crippen molar-refractivity contribution in [2.45, 2.75) is 19.8 Å². The van der Waals surface area contributed by atoms with E-state index in [9.17, 15) is 0 Å². The maximum absolute atomic E-state index is 5.50. The summed E-state index contributed by atoms with van der Waals surface area (Å²) in [6.07, 6.45) is 2.22. The van der Waals surface area contributed by atoms with Crippen molar-refractivity contribution in [3.05, 3.63) is 35.9 Å². The molecule has 84 valence electrons. The molecule has 0 amide bonds. The molecule has 1 rings (SSSR count). The molecule has 2 nitrogen and oxygen atoms in total. The van der Waals surface area contributed by atoms with Crippen LogP contribution in [0.1, 0.15) is 18.9 Å². The molecule has 0 heterocycles. The molecule has 0 aliphatic rings. The van der Waals surface area contributed by atoms with Crippen LogP contribution in [0.3, 0.4) is 0 Å². The van der Waals surface area contributed by atoms with E-state index in [1.807, 2.05) is 0 Å². The summed E-state index contributed by atoms with van der Waals surface area (Å²) >= 11 is 0. The van der Waals surface area contributed by atoms with Gasteiger partial charge in [-0.25, -0.2) is 0 Å². The third-order valence-electron chi connectivity index (χ3n) is 2.59. The molecule has 0 aliphatic heterocycles. The summed E-state index contributed by atoms with van der Waals surface area (Å²) in [6.45, 7) is 5.16. The van der Waals surface area contributed by atoms with Gasteiger partial charge in [0.2, 0.25) is 0 Å². The van der Waals surface area contributed by atoms with Gasteiger partial charge in [-0.3, -0.25) is 0 Å². The van der Waals surface area contributed by atoms with Crippen LogP contribution in [0, 0.1) is 5.92 Å². The summed E-state index contributed by atoms with van der Waals surface area (Å²) < 4.78 is 0. The maximum atomic E-state index is 5.50. The molecule has 1 aromatic carbocycles. The van der Waals surface area contributed by atoms with Gasteiger partial charge in [-0.2, -0.15) is 0 Å². The normalized spacial score (nSPS) is 12.7. The topological polar surface area (TPSA) is 38.0 Å². The molecule has 0 aromatic heterocycles. The highest BCUT2D eigenvalue weighted by molar-refractivity contribution is 5.14. The van der Waals surface area contributed by atoms with Crippen LogP contribution in [0.25, 0.3) is 0 Å². The Morgan fingerprint density at radius 2 is 2.00 bits per heavy atom. The number of hydrogen-bond donors (Lipinski definition) is 2. The van der Waals surface area contributed by atoms with E-state index in [2.05, 4.69) is 42.6 Å². The molecule has 15 heavy (non-hydrogen) atoms. The predicted octanol–water partition coefficient (Wildman–Crippen LogP) is 1.80. The summed E-state index contributed by atoms with van der Waals surface area (Å²) in [4.78, 5) is 0. The molecule has 1 unspecified atom stereocenters. The van der Waals surface area contributed by atoms with Crippen LogP contribution in [0.2, 0.25) is 0 Å². The minimum atomic E-state index is 0.686. The van der Waals surface area contributed by atoms with E-state index in [1.54, 1.807) is 0 Å². The molecule has 0 fully saturated rings. The minimum Gasteiger partial charge on any atom is -0.330 e. The van der Waals surface area contributed by atoms with Gasteiger partial charge in [0.25, 0.3) is 0 Å². The first-order valence-corrected chi connectivity index (χ1v) is 5.77. The number of benzene rings is 1. The van der Waals surface area contributed by atoms with Crippen molar-refractivity contribution in [2.75, 3.05) is 19.6 Å². The molecule has 0 bridgehead atoms. The van der Waals surface area contributed by atoms with E-state index < -0.39 is 0 Å². The number of hydrogen-bond acceptors (Lipinski definition) is 2. The van der Waals surface area contributed by atoms with Gasteiger partial charge < -0.3 is 11.1 Å². The van der Waals surface area contributed by atoms with E-state index in [-0.39, 0.29) is 0 Å². The van der Waals surface area contributed by atoms with E-state index >= 15 is 0 Å². The molecule has 0 saturated carbocycles. The Bertz CT molecular complexity index is 246. The zero-order valence-electron chi connectivity index (χ0n) is 9.58. The van der Waals surface area contributed by atoms with Gasteiger partial charge in [0.05, 0.1) is 0 Å². The van der Waals surface area contributed by atoms with Crippen LogP contribution < -0.4 is 11.1 Å². The second kappa shape index (κ2) is 7.43. The molecule has 1 atom stereocenters. The van der Waals surface area contributed by atoms with Crippen molar-refractivity contribution in [2.24, 2.45) is 11.7 Å². The monoisotopic (exact) mass is 206 g/mol. The molecule has 0 spiro atoms. The molecule has 1 aromatic rings. The van der Waals surface area contributed by atoms with Crippen molar-refractivity contribution >= 4 is 0 Å². The minimum absolute atomic E-state index is 0.686. The molecular formula is C13H22N2. The molecule has 0 aliphatic carbocycles. The fourth-order valence-electron chi connectivity index (χ4n) is 1.61. The van der Waals surface area contributed by atoms with Gasteiger partial charge in [-0.15, -0.1) is 0 Å². The van der Waals surface area contributed by atoms with E-state index in [0.717, 1.165) is 32.5 Å². The Morgan fingerprint density at radius 3 is 2.67 bits per heavy atom. The zero-order chi connectivity index (χ0) is 10.9. The van der Waals surface area contributed by atoms with E-state index in [4.69, 9.17) is 5.73 Å². The van der Waals surface area contributed by atoms with Crippen LogP contribution in [0.5, 0.6) is 0 Å². The quantitative estimate of drug-likeness (QED) is 0.668. The summed E-state index contributed by atoms with van der Waals surface area (Å²) in [7, 11) is 0. The second-order valence-electron chi connectivity index (χ2n) is 4.12. The van der Waals surface area contributed by atoms with Crippen molar-refractivity contribution in [1.29, 1.82) is 0 Å². The lowest BCUT2D eigenvalue weighted by Gasteiger charge is -2.11. The molecule has 3 N–H and O–H groups in total. The van der Waals surface area contributed by atoms with Crippen molar-refractivity contribution in [1.82, 2.24) is 5.32 Å². The Morgan fingerprint density at radius 1 is 1.27 bits per heavy atom. The summed E-state index contributed by atoms with van der Waals surface area (Å²) in [5.74, 6) is 0.686. The Hall–Kier alpha value is -0.860. The van der Waals surface area contributed by atoms with Crippen LogP contribution in [0.4, 0.5) is 0 Å². The van der Waals surface area contributed by atoms with Crippen LogP contribution >= 0.6 is 0 Å². The fraction of sp³-hybridized carbons (Fsp3) is 0.538. The molecule has 2 heteroatoms. The first kappa shape index (κ1) is 12.2. The number of nitrogens with one attached hydrogen (secondary N) is 1. The Balaban J connectivity index is 2.07. The van der Waals surface area contributed by atoms with Gasteiger partial charge in [0.1, 0.15) is 0 Å². The summed E-state index contributed by atoms with van der Waals surface area (Å²) in [5, 5.41) is 3.46. The first-order chi connectivity index (χ1) is 7.33. The SMILES string of the molecule is CC(CCN)CNCCc1ccccc1. The van der Waals surface area contributed by atoms with Gasteiger partial charge in [0, 0.05) is 0 Å². The highest BCUT2D eigenvalue weighted by Crippen LogP contribution is 2.00. The van der Waals surface area contributed by atoms with Gasteiger partial charge in [-0.1, -0.05) is 37.3 Å². The number of rotatable bonds is 7. The van der Waals surface area contributed by atoms with Gasteiger partial charge in [0.15, 0.2) is 0 Å². The molecular weight excluding hydrogens is 184 g/mol. The van der Waals surface area contributed by atoms with Crippen LogP contribution in [0.15, 0.2) is 30.3 Å². The third kappa shape index (κ3) is 5.55. The maximum Gasteiger partial charge on any atom is -0.000824 e. The first-order valence-electron chi connectivity index (χ1n) is 5.77. The second-order valence-corrected chi connectivity index (χ2v) is 4.12. The summed E-state index contributed by atoms with van der Waals surface area (Å²) in [6, 6.07) is 10.6. The van der Waals surface area contributed by atoms with Gasteiger partial charge in [-0.05, 0) is 44.0 Å². The van der Waals surface area contributed by atoms with Crippen molar-refractivity contribution < 1.29 is 0 Å². The fourth-order valence-corrected chi connectivity index (χ4v) is 1.61. The van der Waals surface area contributed by atoms with E-state index in [1.165, 1.54) is 5.56 Å². The van der Waals surface area contributed by atoms with Crippen molar-refractivity contribution in [3.63, 3.8) is 0 Å².